The number of hydrogen-bond acceptors (Lipinski definition) is 5. The van der Waals surface area contributed by atoms with Crippen molar-refractivity contribution in [2.75, 3.05) is 47.3 Å². The Labute approximate surface area is 267 Å². The van der Waals surface area contributed by atoms with Crippen LogP contribution in [0.15, 0.2) is 85.1 Å². The van der Waals surface area contributed by atoms with Crippen molar-refractivity contribution in [1.82, 2.24) is 25.3 Å². The number of nitrogens with zero attached hydrogens (tertiary/aromatic N) is 3. The van der Waals surface area contributed by atoms with Gasteiger partial charge in [-0.3, -0.25) is 9.69 Å². The van der Waals surface area contributed by atoms with Gasteiger partial charge in [0.15, 0.2) is 0 Å². The summed E-state index contributed by atoms with van der Waals surface area (Å²) < 4.78 is 0. The Kier molecular flexibility index (Phi) is 12.1. The molecule has 2 aliphatic heterocycles. The number of benzene rings is 3. The summed E-state index contributed by atoms with van der Waals surface area (Å²) in [5.41, 5.74) is 5.76. The molecule has 230 valence electrons. The van der Waals surface area contributed by atoms with E-state index in [0.29, 0.717) is 24.5 Å². The lowest BCUT2D eigenvalue weighted by Gasteiger charge is -2.40. The quantitative estimate of drug-likeness (QED) is 0.333. The lowest BCUT2D eigenvalue weighted by Crippen LogP contribution is -2.56. The van der Waals surface area contributed by atoms with Crippen molar-refractivity contribution in [3.05, 3.63) is 117 Å². The van der Waals surface area contributed by atoms with Crippen molar-refractivity contribution >= 4 is 29.1 Å². The van der Waals surface area contributed by atoms with Gasteiger partial charge in [0.1, 0.15) is 6.04 Å². The molecule has 0 bridgehead atoms. The Morgan fingerprint density at radius 1 is 0.953 bits per heavy atom. The predicted molar refractivity (Wildman–Crippen MR) is 180 cm³/mol. The fraction of sp³-hybridized carbons (Fsp3) is 0.400. The van der Waals surface area contributed by atoms with Gasteiger partial charge in [-0.1, -0.05) is 78.3 Å². The molecular weight excluding hydrogens is 577 g/mol. The van der Waals surface area contributed by atoms with E-state index in [-0.39, 0.29) is 18.0 Å². The van der Waals surface area contributed by atoms with Crippen LogP contribution >= 0.6 is 23.2 Å². The van der Waals surface area contributed by atoms with Crippen molar-refractivity contribution in [2.24, 2.45) is 0 Å². The second kappa shape index (κ2) is 15.7. The first kappa shape index (κ1) is 33.0. The van der Waals surface area contributed by atoms with Crippen LogP contribution in [0.5, 0.6) is 0 Å². The predicted octanol–water partition coefficient (Wildman–Crippen LogP) is 5.81. The highest BCUT2D eigenvalue weighted by molar-refractivity contribution is 6.30. The molecule has 3 unspecified atom stereocenters. The fourth-order valence-corrected chi connectivity index (χ4v) is 5.93. The van der Waals surface area contributed by atoms with Gasteiger partial charge in [-0.25, -0.2) is 0 Å². The highest BCUT2D eigenvalue weighted by Gasteiger charge is 2.31. The normalized spacial score (nSPS) is 18.2. The van der Waals surface area contributed by atoms with E-state index in [2.05, 4.69) is 59.4 Å². The maximum atomic E-state index is 13.9. The minimum Gasteiger partial charge on any atom is -0.376 e. The smallest absolute Gasteiger partial charge is 0.245 e. The summed E-state index contributed by atoms with van der Waals surface area (Å²) in [6.45, 7) is 10.4. The average molecular weight is 623 g/mol. The monoisotopic (exact) mass is 621 g/mol. The Balaban J connectivity index is 0.000000996. The number of fused-ring (bicyclic) bond motifs is 1. The molecule has 0 radical (unpaired) electrons. The zero-order valence-corrected chi connectivity index (χ0v) is 27.3. The molecule has 2 aliphatic rings. The number of amides is 1. The molecule has 43 heavy (non-hydrogen) atoms. The van der Waals surface area contributed by atoms with Gasteiger partial charge < -0.3 is 20.4 Å². The summed E-state index contributed by atoms with van der Waals surface area (Å²) in [4.78, 5) is 20.3. The first-order valence-corrected chi connectivity index (χ1v) is 15.8. The molecule has 2 N–H and O–H groups in total. The number of nitrogens with one attached hydrogen (secondary N) is 2. The molecule has 5 rings (SSSR count). The van der Waals surface area contributed by atoms with E-state index in [1.165, 1.54) is 16.7 Å². The standard InChI is InChI=1S/C32H36Cl2N4O.C3H9N/c1-22(30-20-26-6-3-4-7-27(26)21-35-30)36-31(18-24-10-12-28(33)13-11-24)32(39)38-16-14-37(15-17-38)23(2)25-8-5-9-29(34)19-25;1-4(2)3/h3-13,19,23,30-31,35-36H,1,14-18,20-21H2,2H3;1-3H3. The molecule has 0 spiro atoms. The van der Waals surface area contributed by atoms with Crippen molar-refractivity contribution < 1.29 is 4.79 Å². The molecule has 1 fully saturated rings. The molecule has 8 heteroatoms. The minimum absolute atomic E-state index is 0.0656. The van der Waals surface area contributed by atoms with Gasteiger partial charge >= 0.3 is 0 Å². The first-order chi connectivity index (χ1) is 20.6. The van der Waals surface area contributed by atoms with Crippen LogP contribution in [-0.2, 0) is 24.2 Å². The second-order valence-electron chi connectivity index (χ2n) is 11.9. The molecule has 1 saturated heterocycles. The van der Waals surface area contributed by atoms with E-state index in [4.69, 9.17) is 23.2 Å². The molecule has 0 aromatic heterocycles. The van der Waals surface area contributed by atoms with Gasteiger partial charge in [-0.2, -0.15) is 0 Å². The summed E-state index contributed by atoms with van der Waals surface area (Å²) in [6.07, 6.45) is 1.42. The number of rotatable bonds is 8. The molecule has 0 aliphatic carbocycles. The van der Waals surface area contributed by atoms with Crippen LogP contribution in [-0.4, -0.2) is 80.0 Å². The van der Waals surface area contributed by atoms with Crippen LogP contribution in [0.25, 0.3) is 0 Å². The number of carbonyl (C=O) groups excluding carboxylic acids is 1. The third-order valence-corrected chi connectivity index (χ3v) is 8.50. The summed E-state index contributed by atoms with van der Waals surface area (Å²) in [6, 6.07) is 24.2. The number of hydrogen-bond donors (Lipinski definition) is 2. The zero-order chi connectivity index (χ0) is 30.9. The van der Waals surface area contributed by atoms with E-state index in [1.54, 1.807) is 0 Å². The van der Waals surface area contributed by atoms with Crippen molar-refractivity contribution in [3.63, 3.8) is 0 Å². The number of carbonyl (C=O) groups is 1. The number of halogens is 2. The van der Waals surface area contributed by atoms with Crippen LogP contribution in [0, 0.1) is 0 Å². The summed E-state index contributed by atoms with van der Waals surface area (Å²) in [7, 11) is 6.00. The molecule has 2 heterocycles. The Hall–Kier alpha value is -2.87. The van der Waals surface area contributed by atoms with Crippen molar-refractivity contribution in [2.45, 2.75) is 44.4 Å². The third-order valence-electron chi connectivity index (χ3n) is 8.02. The van der Waals surface area contributed by atoms with Crippen molar-refractivity contribution in [3.8, 4) is 0 Å². The van der Waals surface area contributed by atoms with Gasteiger partial charge in [0, 0.05) is 60.9 Å². The molecular formula is C35H45Cl2N5O. The molecule has 3 aromatic rings. The largest absolute Gasteiger partial charge is 0.376 e. The number of piperazine rings is 1. The van der Waals surface area contributed by atoms with Gasteiger partial charge in [-0.15, -0.1) is 0 Å². The topological polar surface area (TPSA) is 50.9 Å². The van der Waals surface area contributed by atoms with Crippen molar-refractivity contribution in [1.29, 1.82) is 0 Å². The van der Waals surface area contributed by atoms with Gasteiger partial charge in [0.2, 0.25) is 5.91 Å². The fourth-order valence-electron chi connectivity index (χ4n) is 5.61. The Bertz CT molecular complexity index is 1350. The Morgan fingerprint density at radius 2 is 1.60 bits per heavy atom. The average Bonchev–Trinajstić information content (AvgIpc) is 3.00. The van der Waals surface area contributed by atoms with Gasteiger partial charge in [-0.05, 0) is 81.0 Å². The molecule has 1 amide bonds. The van der Waals surface area contributed by atoms with Crippen LogP contribution in [0.4, 0.5) is 0 Å². The second-order valence-corrected chi connectivity index (χ2v) is 12.8. The maximum Gasteiger partial charge on any atom is 0.245 e. The van der Waals surface area contributed by atoms with E-state index in [1.807, 2.05) is 73.4 Å². The highest BCUT2D eigenvalue weighted by atomic mass is 35.5. The maximum absolute atomic E-state index is 13.9. The van der Waals surface area contributed by atoms with Gasteiger partial charge in [0.05, 0.1) is 6.04 Å². The van der Waals surface area contributed by atoms with Crippen LogP contribution in [0.1, 0.15) is 35.2 Å². The van der Waals surface area contributed by atoms with Crippen LogP contribution in [0.2, 0.25) is 10.0 Å². The SMILES string of the molecule is C=C(NC(Cc1ccc(Cl)cc1)C(=O)N1CCN(C(C)c2cccc(Cl)c2)CC1)C1Cc2ccccc2CN1.CN(C)C. The van der Waals surface area contributed by atoms with E-state index in [0.717, 1.165) is 42.3 Å². The van der Waals surface area contributed by atoms with Gasteiger partial charge in [0.25, 0.3) is 0 Å². The summed E-state index contributed by atoms with van der Waals surface area (Å²) in [5, 5.41) is 8.56. The van der Waals surface area contributed by atoms with Crippen LogP contribution < -0.4 is 10.6 Å². The lowest BCUT2D eigenvalue weighted by atomic mass is 9.94. The molecule has 0 saturated carbocycles. The molecule has 6 nitrogen and oxygen atoms in total. The first-order valence-electron chi connectivity index (χ1n) is 15.0. The summed E-state index contributed by atoms with van der Waals surface area (Å²) >= 11 is 12.4. The highest BCUT2D eigenvalue weighted by Crippen LogP contribution is 2.25. The van der Waals surface area contributed by atoms with E-state index in [9.17, 15) is 4.79 Å². The van der Waals surface area contributed by atoms with Crippen LogP contribution in [0.3, 0.4) is 0 Å². The third kappa shape index (κ3) is 9.56. The molecule has 3 aromatic carbocycles. The molecule has 3 atom stereocenters. The lowest BCUT2D eigenvalue weighted by molar-refractivity contribution is -0.135. The minimum atomic E-state index is -0.408. The van der Waals surface area contributed by atoms with E-state index >= 15 is 0 Å². The Morgan fingerprint density at radius 3 is 2.26 bits per heavy atom. The summed E-state index contributed by atoms with van der Waals surface area (Å²) in [5.74, 6) is 0.109. The zero-order valence-electron chi connectivity index (χ0n) is 25.8. The van der Waals surface area contributed by atoms with E-state index < -0.39 is 6.04 Å².